The van der Waals surface area contributed by atoms with E-state index >= 15 is 0 Å². The van der Waals surface area contributed by atoms with Crippen molar-refractivity contribution in [1.82, 2.24) is 9.29 Å². The summed E-state index contributed by atoms with van der Waals surface area (Å²) < 4.78 is 26.8. The van der Waals surface area contributed by atoms with Gasteiger partial charge in [-0.05, 0) is 51.7 Å². The van der Waals surface area contributed by atoms with Gasteiger partial charge in [0, 0.05) is 24.5 Å². The number of nitrogens with zero attached hydrogens (tertiary/aromatic N) is 3. The van der Waals surface area contributed by atoms with Gasteiger partial charge in [-0.15, -0.1) is 0 Å². The minimum Gasteiger partial charge on any atom is -0.261 e. The number of nitriles is 1. The normalized spacial score (nSPS) is 20.0. The number of hydrogen-bond acceptors (Lipinski definition) is 4. The maximum absolute atomic E-state index is 12.6. The first-order chi connectivity index (χ1) is 10.3. The van der Waals surface area contributed by atoms with Gasteiger partial charge in [0.15, 0.2) is 0 Å². The van der Waals surface area contributed by atoms with E-state index in [1.807, 2.05) is 18.2 Å². The molecule has 0 amide bonds. The first-order valence-electron chi connectivity index (χ1n) is 7.65. The molecule has 0 spiro atoms. The van der Waals surface area contributed by atoms with E-state index in [-0.39, 0.29) is 11.8 Å². The summed E-state index contributed by atoms with van der Waals surface area (Å²) in [7, 11) is -3.39. The molecule has 2 rings (SSSR count). The lowest BCUT2D eigenvalue weighted by Crippen LogP contribution is -2.40. The average Bonchev–Trinajstić information content (AvgIpc) is 2.95. The van der Waals surface area contributed by atoms with Crippen LogP contribution in [0.5, 0.6) is 0 Å². The number of hydrogen-bond donors (Lipinski definition) is 0. The molecule has 6 heteroatoms. The molecule has 5 nitrogen and oxygen atoms in total. The molecule has 1 saturated heterocycles. The van der Waals surface area contributed by atoms with E-state index in [4.69, 9.17) is 5.26 Å². The zero-order valence-electron chi connectivity index (χ0n) is 13.2. The molecule has 1 atom stereocenters. The Morgan fingerprint density at radius 2 is 2.23 bits per heavy atom. The van der Waals surface area contributed by atoms with Crippen molar-refractivity contribution < 1.29 is 8.42 Å². The summed E-state index contributed by atoms with van der Waals surface area (Å²) in [5.41, 5.74) is 0.136. The average molecular weight is 321 g/mol. The number of aromatic nitrogens is 1. The molecule has 2 heterocycles. The Bertz CT molecular complexity index is 635. The van der Waals surface area contributed by atoms with Gasteiger partial charge in [-0.1, -0.05) is 6.07 Å². The fourth-order valence-corrected chi connectivity index (χ4v) is 5.11. The largest absolute Gasteiger partial charge is 0.261 e. The lowest BCUT2D eigenvalue weighted by Gasteiger charge is -2.27. The smallest absolute Gasteiger partial charge is 0.215 e. The molecule has 0 bridgehead atoms. The molecule has 1 aromatic rings. The van der Waals surface area contributed by atoms with Crippen LogP contribution < -0.4 is 0 Å². The van der Waals surface area contributed by atoms with Crippen LogP contribution in [-0.2, 0) is 16.4 Å². The quantitative estimate of drug-likeness (QED) is 0.806. The topological polar surface area (TPSA) is 74.1 Å². The lowest BCUT2D eigenvalue weighted by atomic mass is 10.00. The van der Waals surface area contributed by atoms with Crippen molar-refractivity contribution in [1.29, 1.82) is 5.26 Å². The van der Waals surface area contributed by atoms with Crippen LogP contribution in [0, 0.1) is 16.7 Å². The summed E-state index contributed by atoms with van der Waals surface area (Å²) in [5.74, 6) is -0.114. The molecule has 1 fully saturated rings. The Labute approximate surface area is 133 Å². The Hall–Kier alpha value is -1.45. The van der Waals surface area contributed by atoms with Crippen molar-refractivity contribution in [2.45, 2.75) is 45.6 Å². The van der Waals surface area contributed by atoms with Gasteiger partial charge in [-0.3, -0.25) is 4.98 Å². The molecule has 1 aliphatic heterocycles. The maximum atomic E-state index is 12.6. The minimum absolute atomic E-state index is 0.0292. The van der Waals surface area contributed by atoms with Gasteiger partial charge in [-0.25, -0.2) is 8.42 Å². The van der Waals surface area contributed by atoms with E-state index in [1.54, 1.807) is 24.3 Å². The van der Waals surface area contributed by atoms with E-state index in [9.17, 15) is 8.42 Å². The summed E-state index contributed by atoms with van der Waals surface area (Å²) >= 11 is 0. The van der Waals surface area contributed by atoms with Crippen LogP contribution in [0.3, 0.4) is 0 Å². The molecular formula is C16H23N3O2S. The van der Waals surface area contributed by atoms with E-state index in [0.717, 1.165) is 31.4 Å². The minimum atomic E-state index is -3.39. The molecule has 0 unspecified atom stereocenters. The van der Waals surface area contributed by atoms with E-state index in [1.165, 1.54) is 0 Å². The maximum Gasteiger partial charge on any atom is 0.215 e. The van der Waals surface area contributed by atoms with Gasteiger partial charge in [0.1, 0.15) is 0 Å². The third-order valence-corrected chi connectivity index (χ3v) is 6.27. The standard InChI is InChI=1S/C16H23N3O2S/c1-16(2,12-17)13-22(20,21)19-11-5-7-15(19)9-8-14-6-3-4-10-18-14/h3-4,6,10,15H,5,7-9,11,13H2,1-2H3/t15-/m0/s1. The van der Waals surface area contributed by atoms with E-state index in [2.05, 4.69) is 11.1 Å². The van der Waals surface area contributed by atoms with Crippen LogP contribution in [0.25, 0.3) is 0 Å². The zero-order chi connectivity index (χ0) is 16.2. The van der Waals surface area contributed by atoms with E-state index < -0.39 is 15.4 Å². The molecule has 0 aromatic carbocycles. The van der Waals surface area contributed by atoms with Gasteiger partial charge in [0.25, 0.3) is 0 Å². The highest BCUT2D eigenvalue weighted by Crippen LogP contribution is 2.28. The SMILES string of the molecule is CC(C)(C#N)CS(=O)(=O)N1CCC[C@H]1CCc1ccccn1. The summed E-state index contributed by atoms with van der Waals surface area (Å²) in [6.07, 6.45) is 5.09. The Morgan fingerprint density at radius 1 is 1.45 bits per heavy atom. The highest BCUT2D eigenvalue weighted by Gasteiger charge is 2.37. The first-order valence-corrected chi connectivity index (χ1v) is 9.26. The highest BCUT2D eigenvalue weighted by molar-refractivity contribution is 7.89. The zero-order valence-corrected chi connectivity index (χ0v) is 14.0. The molecule has 120 valence electrons. The summed E-state index contributed by atoms with van der Waals surface area (Å²) in [6.45, 7) is 3.91. The molecule has 0 N–H and O–H groups in total. The van der Waals surface area contributed by atoms with Gasteiger partial charge in [0.2, 0.25) is 10.0 Å². The third-order valence-electron chi connectivity index (χ3n) is 3.99. The molecule has 0 saturated carbocycles. The summed E-state index contributed by atoms with van der Waals surface area (Å²) in [4.78, 5) is 4.29. The predicted octanol–water partition coefficient (Wildman–Crippen LogP) is 2.36. The van der Waals surface area contributed by atoms with Crippen molar-refractivity contribution in [2.75, 3.05) is 12.3 Å². The third kappa shape index (κ3) is 4.28. The monoisotopic (exact) mass is 321 g/mol. The Kier molecular flexibility index (Phi) is 5.20. The molecule has 22 heavy (non-hydrogen) atoms. The van der Waals surface area contributed by atoms with Crippen molar-refractivity contribution >= 4 is 10.0 Å². The lowest BCUT2D eigenvalue weighted by molar-refractivity contribution is 0.363. The van der Waals surface area contributed by atoms with Crippen LogP contribution >= 0.6 is 0 Å². The second-order valence-electron chi connectivity index (χ2n) is 6.52. The number of rotatable bonds is 6. The second-order valence-corrected chi connectivity index (χ2v) is 8.44. The highest BCUT2D eigenvalue weighted by atomic mass is 32.2. The second kappa shape index (κ2) is 6.76. The van der Waals surface area contributed by atoms with Crippen molar-refractivity contribution in [3.8, 4) is 6.07 Å². The molecule has 1 aromatic heterocycles. The van der Waals surface area contributed by atoms with Crippen LogP contribution in [0.4, 0.5) is 0 Å². The fourth-order valence-electron chi connectivity index (χ4n) is 2.90. The van der Waals surface area contributed by atoms with Crippen molar-refractivity contribution in [3.05, 3.63) is 30.1 Å². The molecule has 0 radical (unpaired) electrons. The predicted molar refractivity (Wildman–Crippen MR) is 85.5 cm³/mol. The van der Waals surface area contributed by atoms with Gasteiger partial charge >= 0.3 is 0 Å². The first kappa shape index (κ1) is 16.9. The van der Waals surface area contributed by atoms with Crippen LogP contribution in [0.2, 0.25) is 0 Å². The van der Waals surface area contributed by atoms with Gasteiger partial charge in [0.05, 0.1) is 17.2 Å². The van der Waals surface area contributed by atoms with E-state index in [0.29, 0.717) is 6.54 Å². The number of pyridine rings is 1. The number of aryl methyl sites for hydroxylation is 1. The summed E-state index contributed by atoms with van der Waals surface area (Å²) in [6, 6.07) is 7.89. The number of sulfonamides is 1. The molecular weight excluding hydrogens is 298 g/mol. The van der Waals surface area contributed by atoms with Crippen molar-refractivity contribution in [3.63, 3.8) is 0 Å². The van der Waals surface area contributed by atoms with Gasteiger partial charge in [-0.2, -0.15) is 9.57 Å². The Morgan fingerprint density at radius 3 is 2.86 bits per heavy atom. The van der Waals surface area contributed by atoms with Crippen LogP contribution in [0.15, 0.2) is 24.4 Å². The fraction of sp³-hybridized carbons (Fsp3) is 0.625. The molecule has 0 aliphatic carbocycles. The van der Waals surface area contributed by atoms with Crippen LogP contribution in [0.1, 0.15) is 38.8 Å². The Balaban J connectivity index is 2.02. The van der Waals surface area contributed by atoms with Gasteiger partial charge < -0.3 is 0 Å². The molecule has 1 aliphatic rings. The van der Waals surface area contributed by atoms with Crippen molar-refractivity contribution in [2.24, 2.45) is 5.41 Å². The summed E-state index contributed by atoms with van der Waals surface area (Å²) in [5, 5.41) is 9.08. The van der Waals surface area contributed by atoms with Crippen LogP contribution in [-0.4, -0.2) is 36.0 Å².